The minimum atomic E-state index is -2.80. The molecule has 0 amide bonds. The predicted molar refractivity (Wildman–Crippen MR) is 324 cm³/mol. The van der Waals surface area contributed by atoms with Gasteiger partial charge in [-0.1, -0.05) is 261 Å². The molecule has 15 rings (SSSR count). The molecule has 0 aromatic heterocycles. The number of benzene rings is 12. The molecule has 1 heterocycles. The summed E-state index contributed by atoms with van der Waals surface area (Å²) in [6, 6.07) is 114. The summed E-state index contributed by atoms with van der Waals surface area (Å²) in [5.41, 5.74) is 21.8. The van der Waals surface area contributed by atoms with Gasteiger partial charge < -0.3 is 4.90 Å². The molecule has 1 aliphatic heterocycles. The smallest absolute Gasteiger partial charge is 0.180 e. The van der Waals surface area contributed by atoms with Crippen molar-refractivity contribution in [3.8, 4) is 44.5 Å². The van der Waals surface area contributed by atoms with Crippen molar-refractivity contribution in [3.63, 3.8) is 0 Å². The Kier molecular flexibility index (Phi) is 10.3. The molecule has 0 bridgehead atoms. The lowest BCUT2D eigenvalue weighted by Gasteiger charge is -2.34. The average molecular weight is 996 g/mol. The summed E-state index contributed by atoms with van der Waals surface area (Å²) in [4.78, 5) is 2.50. The van der Waals surface area contributed by atoms with Crippen molar-refractivity contribution < 1.29 is 0 Å². The molecule has 0 fully saturated rings. The first-order valence-corrected chi connectivity index (χ1v) is 29.0. The average Bonchev–Trinajstić information content (AvgIpc) is 4.24. The van der Waals surface area contributed by atoms with Crippen LogP contribution in [0, 0.1) is 0 Å². The van der Waals surface area contributed by atoms with Crippen LogP contribution in [-0.4, -0.2) is 8.07 Å². The highest BCUT2D eigenvalue weighted by Crippen LogP contribution is 2.57. The van der Waals surface area contributed by atoms with E-state index in [0.717, 1.165) is 17.1 Å². The topological polar surface area (TPSA) is 3.24 Å². The second kappa shape index (κ2) is 17.6. The van der Waals surface area contributed by atoms with E-state index in [2.05, 4.69) is 315 Å². The van der Waals surface area contributed by atoms with E-state index >= 15 is 0 Å². The number of nitrogens with zero attached hydrogens (tertiary/aromatic N) is 1. The minimum absolute atomic E-state index is 0.357. The van der Waals surface area contributed by atoms with Crippen molar-refractivity contribution in [2.45, 2.75) is 17.8 Å². The van der Waals surface area contributed by atoms with Crippen LogP contribution in [0.5, 0.6) is 0 Å². The van der Waals surface area contributed by atoms with Gasteiger partial charge in [0.05, 0.1) is 5.41 Å². The van der Waals surface area contributed by atoms with E-state index in [-0.39, 0.29) is 5.41 Å². The lowest BCUT2D eigenvalue weighted by atomic mass is 9.67. The maximum Gasteiger partial charge on any atom is 0.180 e. The zero-order chi connectivity index (χ0) is 51.1. The molecule has 0 unspecified atom stereocenters. The third-order valence-corrected chi connectivity index (χ3v) is 22.4. The van der Waals surface area contributed by atoms with Gasteiger partial charge in [-0.3, -0.25) is 0 Å². The van der Waals surface area contributed by atoms with E-state index in [1.807, 2.05) is 0 Å². The second-order valence-electron chi connectivity index (χ2n) is 21.2. The van der Waals surface area contributed by atoms with Crippen LogP contribution < -0.4 is 25.6 Å². The van der Waals surface area contributed by atoms with Crippen molar-refractivity contribution in [2.24, 2.45) is 0 Å². The van der Waals surface area contributed by atoms with Crippen molar-refractivity contribution in [1.82, 2.24) is 0 Å². The SMILES string of the molecule is CC1(c2cccc(N(c3ccc(-c4ccc5c(c4)C(c4ccccc4)(c4ccccc4)c4ccccc4-5)cc3)c3cccc([Si]4(c5ccccc5)c5ccccc5-c5ccccc54)c3)c2)c2ccccc2-c2ccccc21. The van der Waals surface area contributed by atoms with Crippen LogP contribution in [-0.2, 0) is 10.8 Å². The molecule has 362 valence electrons. The fraction of sp³-hybridized carbons (Fsp3) is 0.0400. The maximum absolute atomic E-state index is 2.80. The van der Waals surface area contributed by atoms with Gasteiger partial charge in [0.15, 0.2) is 8.07 Å². The fourth-order valence-corrected chi connectivity index (χ4v) is 19.4. The Labute approximate surface area is 452 Å². The molecule has 0 saturated carbocycles. The van der Waals surface area contributed by atoms with Gasteiger partial charge in [0.25, 0.3) is 0 Å². The molecule has 0 N–H and O–H groups in total. The third kappa shape index (κ3) is 6.52. The van der Waals surface area contributed by atoms with E-state index in [0.29, 0.717) is 0 Å². The highest BCUT2D eigenvalue weighted by atomic mass is 28.3. The minimum Gasteiger partial charge on any atom is -0.310 e. The van der Waals surface area contributed by atoms with Crippen LogP contribution in [0.4, 0.5) is 17.1 Å². The first-order chi connectivity index (χ1) is 38.1. The van der Waals surface area contributed by atoms with Gasteiger partial charge >= 0.3 is 0 Å². The van der Waals surface area contributed by atoms with Crippen LogP contribution in [0.25, 0.3) is 44.5 Å². The Bertz CT molecular complexity index is 4100. The molecule has 2 heteroatoms. The standard InChI is InChI=1S/C75H53NSi/c1-74(68-38-16-11-33-62(68)63-34-12-17-39-69(63)74)56-27-21-28-58(50-56)76(59-29-22-32-61(51-59)77(60-30-9-4-10-31-60)72-41-19-14-36-66(72)67-37-15-20-42-73(67)77)57-46-43-52(44-47-57)53-45-48-65-64-35-13-18-40-70(64)75(71(65)49-53,54-23-5-2-6-24-54)55-25-7-3-8-26-55/h2-51H,1H3. The largest absolute Gasteiger partial charge is 0.310 e. The van der Waals surface area contributed by atoms with Crippen LogP contribution in [0.3, 0.4) is 0 Å². The summed E-state index contributed by atoms with van der Waals surface area (Å²) in [5, 5.41) is 5.63. The molecule has 1 nitrogen and oxygen atoms in total. The van der Waals surface area contributed by atoms with E-state index < -0.39 is 13.5 Å². The molecule has 12 aromatic rings. The Morgan fingerprint density at radius 3 is 1.30 bits per heavy atom. The molecular formula is C75H53NSi. The number of anilines is 3. The van der Waals surface area contributed by atoms with Crippen LogP contribution >= 0.6 is 0 Å². The predicted octanol–water partition coefficient (Wildman–Crippen LogP) is 15.9. The summed E-state index contributed by atoms with van der Waals surface area (Å²) in [6.07, 6.45) is 0. The highest BCUT2D eigenvalue weighted by molar-refractivity contribution is 7.22. The highest BCUT2D eigenvalue weighted by Gasteiger charge is 2.49. The molecule has 12 aromatic carbocycles. The zero-order valence-corrected chi connectivity index (χ0v) is 43.8. The fourth-order valence-electron chi connectivity index (χ4n) is 14.2. The number of rotatable bonds is 9. The first-order valence-electron chi connectivity index (χ1n) is 27.0. The van der Waals surface area contributed by atoms with Gasteiger partial charge in [-0.25, -0.2) is 0 Å². The number of hydrogen-bond donors (Lipinski definition) is 0. The number of fused-ring (bicyclic) bond motifs is 9. The summed E-state index contributed by atoms with van der Waals surface area (Å²) < 4.78 is 0. The molecule has 0 saturated heterocycles. The van der Waals surface area contributed by atoms with Crippen LogP contribution in [0.15, 0.2) is 303 Å². The summed E-state index contributed by atoms with van der Waals surface area (Å²) in [7, 11) is -2.80. The molecule has 77 heavy (non-hydrogen) atoms. The van der Waals surface area contributed by atoms with Gasteiger partial charge in [0, 0.05) is 22.5 Å². The van der Waals surface area contributed by atoms with Gasteiger partial charge in [0.1, 0.15) is 0 Å². The molecule has 0 radical (unpaired) electrons. The first kappa shape index (κ1) is 45.1. The van der Waals surface area contributed by atoms with E-state index in [4.69, 9.17) is 0 Å². The third-order valence-electron chi connectivity index (χ3n) is 17.5. The van der Waals surface area contributed by atoms with Gasteiger partial charge in [-0.15, -0.1) is 0 Å². The maximum atomic E-state index is 2.52. The molecule has 0 spiro atoms. The number of hydrogen-bond acceptors (Lipinski definition) is 1. The molecule has 3 aliphatic rings. The summed E-state index contributed by atoms with van der Waals surface area (Å²) >= 11 is 0. The van der Waals surface area contributed by atoms with Crippen LogP contribution in [0.1, 0.15) is 45.9 Å². The zero-order valence-electron chi connectivity index (χ0n) is 42.8. The van der Waals surface area contributed by atoms with Crippen molar-refractivity contribution >= 4 is 45.9 Å². The molecule has 0 atom stereocenters. The quantitative estimate of drug-likeness (QED) is 0.130. The Morgan fingerprint density at radius 2 is 0.701 bits per heavy atom. The van der Waals surface area contributed by atoms with Gasteiger partial charge in [0.2, 0.25) is 0 Å². The van der Waals surface area contributed by atoms with E-state index in [1.54, 1.807) is 0 Å². The molecular weight excluding hydrogens is 943 g/mol. The second-order valence-corrected chi connectivity index (χ2v) is 24.9. The summed E-state index contributed by atoms with van der Waals surface area (Å²) in [6.45, 7) is 2.42. The van der Waals surface area contributed by atoms with Crippen molar-refractivity contribution in [3.05, 3.63) is 342 Å². The van der Waals surface area contributed by atoms with Crippen LogP contribution in [0.2, 0.25) is 0 Å². The van der Waals surface area contributed by atoms with E-state index in [1.165, 1.54) is 104 Å². The van der Waals surface area contributed by atoms with Gasteiger partial charge in [-0.2, -0.15) is 0 Å². The lowest BCUT2D eigenvalue weighted by Crippen LogP contribution is -2.72. The van der Waals surface area contributed by atoms with E-state index in [9.17, 15) is 0 Å². The monoisotopic (exact) mass is 995 g/mol. The Balaban J connectivity index is 0.915. The Hall–Kier alpha value is -9.34. The Morgan fingerprint density at radius 1 is 0.273 bits per heavy atom. The van der Waals surface area contributed by atoms with Crippen molar-refractivity contribution in [1.29, 1.82) is 0 Å². The van der Waals surface area contributed by atoms with Gasteiger partial charge in [-0.05, 0) is 154 Å². The van der Waals surface area contributed by atoms with Crippen molar-refractivity contribution in [2.75, 3.05) is 4.90 Å². The normalized spacial score (nSPS) is 14.4. The summed E-state index contributed by atoms with van der Waals surface area (Å²) in [5.74, 6) is 0. The lowest BCUT2D eigenvalue weighted by molar-refractivity contribution is 0.714. The molecule has 2 aliphatic carbocycles.